The van der Waals surface area contributed by atoms with Gasteiger partial charge in [-0.05, 0) is 31.4 Å². The maximum absolute atomic E-state index is 13.7. The molecule has 4 aromatic rings. The highest BCUT2D eigenvalue weighted by Crippen LogP contribution is 2.23. The molecule has 0 saturated heterocycles. The van der Waals surface area contributed by atoms with Gasteiger partial charge in [-0.3, -0.25) is 9.78 Å². The van der Waals surface area contributed by atoms with Crippen LogP contribution in [0.2, 0.25) is 0 Å². The lowest BCUT2D eigenvalue weighted by atomic mass is 10.0. The Labute approximate surface area is 214 Å². The van der Waals surface area contributed by atoms with E-state index in [-0.39, 0.29) is 17.3 Å². The first-order chi connectivity index (χ1) is 18.0. The summed E-state index contributed by atoms with van der Waals surface area (Å²) in [5.41, 5.74) is 9.84. The highest BCUT2D eigenvalue weighted by Gasteiger charge is 2.18. The molecule has 0 atom stereocenters. The number of ether oxygens (including phenoxy) is 1. The van der Waals surface area contributed by atoms with Crippen LogP contribution in [0.25, 0.3) is 17.2 Å². The summed E-state index contributed by atoms with van der Waals surface area (Å²) in [4.78, 5) is 31.7. The van der Waals surface area contributed by atoms with Gasteiger partial charge in [-0.1, -0.05) is 48.8 Å². The summed E-state index contributed by atoms with van der Waals surface area (Å²) in [6, 6.07) is 11.1. The van der Waals surface area contributed by atoms with Crippen molar-refractivity contribution in [2.24, 2.45) is 10.9 Å². The maximum Gasteiger partial charge on any atom is 0.264 e. The minimum Gasteiger partial charge on any atom is -0.494 e. The molecule has 0 saturated carbocycles. The van der Waals surface area contributed by atoms with Crippen LogP contribution in [-0.4, -0.2) is 42.7 Å². The predicted octanol–water partition coefficient (Wildman–Crippen LogP) is 3.43. The van der Waals surface area contributed by atoms with Gasteiger partial charge in [0.05, 0.1) is 30.9 Å². The molecular formula is C27H29N7O3. The number of hydrogen-bond donors (Lipinski definition) is 2. The fourth-order valence-electron chi connectivity index (χ4n) is 4.09. The topological polar surface area (TPSA) is 141 Å². The fourth-order valence-corrected chi connectivity index (χ4v) is 4.09. The first-order valence-corrected chi connectivity index (χ1v) is 12.0. The predicted molar refractivity (Wildman–Crippen MR) is 140 cm³/mol. The molecule has 37 heavy (non-hydrogen) atoms. The number of rotatable bonds is 9. The van der Waals surface area contributed by atoms with Crippen LogP contribution in [0.4, 0.5) is 0 Å². The smallest absolute Gasteiger partial charge is 0.264 e. The van der Waals surface area contributed by atoms with E-state index in [0.29, 0.717) is 41.2 Å². The Morgan fingerprint density at radius 3 is 2.51 bits per heavy atom. The SMILES string of the molecule is CCCCc1nc(C)n(-c2ncc(OC)cn2)c(=O)c1Cc1ccc(-c2ccccc2C(N)=NO)nc1. The van der Waals surface area contributed by atoms with Crippen molar-refractivity contribution >= 4 is 5.84 Å². The van der Waals surface area contributed by atoms with Gasteiger partial charge in [0.1, 0.15) is 5.82 Å². The third-order valence-corrected chi connectivity index (χ3v) is 6.04. The second-order valence-corrected chi connectivity index (χ2v) is 8.51. The summed E-state index contributed by atoms with van der Waals surface area (Å²) < 4.78 is 6.57. The molecule has 10 nitrogen and oxygen atoms in total. The summed E-state index contributed by atoms with van der Waals surface area (Å²) in [5, 5.41) is 12.2. The molecule has 3 aromatic heterocycles. The van der Waals surface area contributed by atoms with Crippen LogP contribution in [0.1, 0.15) is 48.0 Å². The highest BCUT2D eigenvalue weighted by molar-refractivity contribution is 6.02. The molecule has 3 heterocycles. The largest absolute Gasteiger partial charge is 0.494 e. The lowest BCUT2D eigenvalue weighted by molar-refractivity contribution is 0.318. The summed E-state index contributed by atoms with van der Waals surface area (Å²) in [6.07, 6.45) is 7.74. The van der Waals surface area contributed by atoms with E-state index in [1.54, 1.807) is 19.2 Å². The van der Waals surface area contributed by atoms with E-state index in [4.69, 9.17) is 20.7 Å². The fraction of sp³-hybridized carbons (Fsp3) is 0.259. The van der Waals surface area contributed by atoms with Crippen LogP contribution in [0, 0.1) is 6.92 Å². The van der Waals surface area contributed by atoms with E-state index in [0.717, 1.165) is 29.7 Å². The lowest BCUT2D eigenvalue weighted by Gasteiger charge is -2.15. The van der Waals surface area contributed by atoms with Crippen LogP contribution >= 0.6 is 0 Å². The average molecular weight is 500 g/mol. The Bertz CT molecular complexity index is 1460. The van der Waals surface area contributed by atoms with Gasteiger partial charge in [0.2, 0.25) is 5.95 Å². The van der Waals surface area contributed by atoms with E-state index >= 15 is 0 Å². The number of oxime groups is 1. The van der Waals surface area contributed by atoms with Gasteiger partial charge in [-0.25, -0.2) is 19.5 Å². The van der Waals surface area contributed by atoms with Gasteiger partial charge in [0.25, 0.3) is 5.56 Å². The zero-order valence-electron chi connectivity index (χ0n) is 21.0. The summed E-state index contributed by atoms with van der Waals surface area (Å²) in [6.45, 7) is 3.89. The molecule has 3 N–H and O–H groups in total. The van der Waals surface area contributed by atoms with E-state index in [1.165, 1.54) is 24.1 Å². The summed E-state index contributed by atoms with van der Waals surface area (Å²) in [7, 11) is 1.53. The molecule has 0 fully saturated rings. The van der Waals surface area contributed by atoms with Crippen LogP contribution in [-0.2, 0) is 12.8 Å². The minimum atomic E-state index is -0.204. The standard InChI is InChI=1S/C27H29N7O3/c1-4-5-10-24-22(26(35)34(17(2)32-24)27-30-15-19(37-3)16-31-27)13-18-11-12-23(29-14-18)20-8-6-7-9-21(20)25(28)33-36/h6-9,11-12,14-16,36H,4-5,10,13H2,1-3H3,(H2,28,33). The Hall–Kier alpha value is -4.60. The van der Waals surface area contributed by atoms with E-state index in [1.807, 2.05) is 30.3 Å². The van der Waals surface area contributed by atoms with E-state index < -0.39 is 0 Å². The van der Waals surface area contributed by atoms with Gasteiger partial charge in [0.15, 0.2) is 11.6 Å². The van der Waals surface area contributed by atoms with E-state index in [2.05, 4.69) is 27.0 Å². The number of aryl methyl sites for hydroxylation is 2. The van der Waals surface area contributed by atoms with Gasteiger partial charge in [-0.2, -0.15) is 0 Å². The second kappa shape index (κ2) is 11.4. The van der Waals surface area contributed by atoms with Crippen molar-refractivity contribution in [3.05, 3.63) is 93.6 Å². The zero-order chi connectivity index (χ0) is 26.4. The Morgan fingerprint density at radius 1 is 1.11 bits per heavy atom. The zero-order valence-corrected chi connectivity index (χ0v) is 21.0. The maximum atomic E-state index is 13.7. The molecule has 0 aliphatic heterocycles. The van der Waals surface area contributed by atoms with Crippen molar-refractivity contribution in [3.63, 3.8) is 0 Å². The van der Waals surface area contributed by atoms with Crippen LogP contribution in [0.3, 0.4) is 0 Å². The first kappa shape index (κ1) is 25.5. The highest BCUT2D eigenvalue weighted by atomic mass is 16.5. The number of nitrogens with two attached hydrogens (primary N) is 1. The number of aromatic nitrogens is 5. The number of pyridine rings is 1. The summed E-state index contributed by atoms with van der Waals surface area (Å²) in [5.74, 6) is 1.28. The Kier molecular flexibility index (Phi) is 7.87. The van der Waals surface area contributed by atoms with Crippen molar-refractivity contribution in [1.82, 2.24) is 24.5 Å². The Balaban J connectivity index is 1.73. The average Bonchev–Trinajstić information content (AvgIpc) is 2.94. The molecule has 0 aliphatic rings. The van der Waals surface area contributed by atoms with Crippen LogP contribution < -0.4 is 16.0 Å². The quantitative estimate of drug-likeness (QED) is 0.154. The van der Waals surface area contributed by atoms with E-state index in [9.17, 15) is 4.79 Å². The lowest BCUT2D eigenvalue weighted by Crippen LogP contribution is -2.29. The molecule has 0 aliphatic carbocycles. The molecule has 0 amide bonds. The molecule has 10 heteroatoms. The van der Waals surface area contributed by atoms with Crippen molar-refractivity contribution in [3.8, 4) is 23.0 Å². The van der Waals surface area contributed by atoms with Crippen molar-refractivity contribution in [2.45, 2.75) is 39.5 Å². The third-order valence-electron chi connectivity index (χ3n) is 6.04. The molecule has 0 bridgehead atoms. The Morgan fingerprint density at radius 2 is 1.86 bits per heavy atom. The number of methoxy groups -OCH3 is 1. The molecule has 0 spiro atoms. The molecular weight excluding hydrogens is 470 g/mol. The molecule has 0 unspecified atom stereocenters. The van der Waals surface area contributed by atoms with Gasteiger partial charge >= 0.3 is 0 Å². The molecule has 0 radical (unpaired) electrons. The third kappa shape index (κ3) is 5.48. The second-order valence-electron chi connectivity index (χ2n) is 8.51. The normalized spacial score (nSPS) is 11.5. The molecule has 190 valence electrons. The van der Waals surface area contributed by atoms with Crippen molar-refractivity contribution < 1.29 is 9.94 Å². The first-order valence-electron chi connectivity index (χ1n) is 12.0. The number of benzene rings is 1. The van der Waals surface area contributed by atoms with Gasteiger partial charge in [0, 0.05) is 29.3 Å². The number of hydrogen-bond acceptors (Lipinski definition) is 8. The number of nitrogens with zero attached hydrogens (tertiary/aromatic N) is 6. The van der Waals surface area contributed by atoms with Crippen LogP contribution in [0.5, 0.6) is 5.75 Å². The van der Waals surface area contributed by atoms with Crippen molar-refractivity contribution in [1.29, 1.82) is 0 Å². The molecule has 1 aromatic carbocycles. The monoisotopic (exact) mass is 499 g/mol. The molecule has 4 rings (SSSR count). The van der Waals surface area contributed by atoms with Gasteiger partial charge in [-0.15, -0.1) is 0 Å². The number of unbranched alkanes of at least 4 members (excludes halogenated alkanes) is 1. The summed E-state index contributed by atoms with van der Waals surface area (Å²) >= 11 is 0. The number of amidine groups is 1. The van der Waals surface area contributed by atoms with Crippen LogP contribution in [0.15, 0.2) is 64.9 Å². The van der Waals surface area contributed by atoms with Gasteiger partial charge < -0.3 is 15.7 Å². The van der Waals surface area contributed by atoms with Crippen molar-refractivity contribution in [2.75, 3.05) is 7.11 Å². The minimum absolute atomic E-state index is 0.00840.